The number of carbonyl (C=O) groups is 2. The molecule has 1 rings (SSSR count). The van der Waals surface area contributed by atoms with Gasteiger partial charge in [0.05, 0.1) is 5.56 Å². The Balaban J connectivity index is 3.14. The highest BCUT2D eigenvalue weighted by molar-refractivity contribution is 6.38. The molecule has 0 amide bonds. The van der Waals surface area contributed by atoms with Crippen LogP contribution in [0.3, 0.4) is 0 Å². The van der Waals surface area contributed by atoms with Gasteiger partial charge in [0, 0.05) is 6.08 Å². The Labute approximate surface area is 90.6 Å². The molecule has 0 spiro atoms. The minimum absolute atomic E-state index is 0.199. The third-order valence-corrected chi connectivity index (χ3v) is 1.88. The zero-order chi connectivity index (χ0) is 12.3. The summed E-state index contributed by atoms with van der Waals surface area (Å²) in [5.74, 6) is -4.44. The Kier molecular flexibility index (Phi) is 3.40. The number of halogens is 1. The predicted molar refractivity (Wildman–Crippen MR) is 54.4 cm³/mol. The number of carboxylic acid groups (broad SMARTS) is 1. The quantitative estimate of drug-likeness (QED) is 0.465. The first-order chi connectivity index (χ1) is 7.41. The highest BCUT2D eigenvalue weighted by Gasteiger charge is 2.13. The standard InChI is InChI=1S/C11H9FO4/c1-6-2-3-8(12)7(4-6)9(13)5-10(14)11(15)16/h2-5,13H,1H3,(H,15,16). The number of hydrogen-bond donors (Lipinski definition) is 2. The lowest BCUT2D eigenvalue weighted by Gasteiger charge is -2.02. The second-order valence-corrected chi connectivity index (χ2v) is 3.18. The maximum Gasteiger partial charge on any atom is 0.376 e. The van der Waals surface area contributed by atoms with Crippen LogP contribution in [0.2, 0.25) is 0 Å². The molecule has 0 saturated heterocycles. The van der Waals surface area contributed by atoms with E-state index in [9.17, 15) is 19.1 Å². The van der Waals surface area contributed by atoms with E-state index < -0.39 is 23.3 Å². The monoisotopic (exact) mass is 224 g/mol. The van der Waals surface area contributed by atoms with E-state index in [1.165, 1.54) is 12.1 Å². The van der Waals surface area contributed by atoms with E-state index >= 15 is 0 Å². The van der Waals surface area contributed by atoms with Crippen LogP contribution in [-0.4, -0.2) is 22.0 Å². The Morgan fingerprint density at radius 2 is 1.94 bits per heavy atom. The molecule has 84 valence electrons. The van der Waals surface area contributed by atoms with Gasteiger partial charge in [0.25, 0.3) is 5.78 Å². The molecule has 0 aliphatic heterocycles. The molecular formula is C11H9FO4. The first-order valence-electron chi connectivity index (χ1n) is 4.36. The smallest absolute Gasteiger partial charge is 0.376 e. The van der Waals surface area contributed by atoms with Gasteiger partial charge in [-0.2, -0.15) is 0 Å². The molecule has 0 unspecified atom stereocenters. The normalized spacial score (nSPS) is 11.2. The molecule has 0 atom stereocenters. The van der Waals surface area contributed by atoms with Gasteiger partial charge in [-0.1, -0.05) is 11.6 Å². The number of benzene rings is 1. The number of aryl methyl sites for hydroxylation is 1. The van der Waals surface area contributed by atoms with Crippen molar-refractivity contribution in [2.24, 2.45) is 0 Å². The third kappa shape index (κ3) is 2.66. The second kappa shape index (κ2) is 4.57. The summed E-state index contributed by atoms with van der Waals surface area (Å²) in [7, 11) is 0. The number of aliphatic hydroxyl groups is 1. The molecule has 16 heavy (non-hydrogen) atoms. The molecule has 0 heterocycles. The molecule has 5 heteroatoms. The molecule has 0 aromatic heterocycles. The van der Waals surface area contributed by atoms with Gasteiger partial charge in [-0.3, -0.25) is 4.79 Å². The molecule has 4 nitrogen and oxygen atoms in total. The lowest BCUT2D eigenvalue weighted by molar-refractivity contribution is -0.146. The number of carboxylic acids is 1. The summed E-state index contributed by atoms with van der Waals surface area (Å²) in [5, 5.41) is 17.7. The summed E-state index contributed by atoms with van der Waals surface area (Å²) in [6, 6.07) is 3.93. The number of aliphatic hydroxyl groups excluding tert-OH is 1. The van der Waals surface area contributed by atoms with Gasteiger partial charge >= 0.3 is 5.97 Å². The summed E-state index contributed by atoms with van der Waals surface area (Å²) in [5.41, 5.74) is 0.480. The summed E-state index contributed by atoms with van der Waals surface area (Å²) in [6.07, 6.45) is 0.472. The predicted octanol–water partition coefficient (Wildman–Crippen LogP) is 1.69. The minimum Gasteiger partial charge on any atom is -0.507 e. The van der Waals surface area contributed by atoms with E-state index in [-0.39, 0.29) is 5.56 Å². The van der Waals surface area contributed by atoms with Crippen molar-refractivity contribution in [2.75, 3.05) is 0 Å². The van der Waals surface area contributed by atoms with Gasteiger partial charge in [0.2, 0.25) is 0 Å². The number of rotatable bonds is 3. The Morgan fingerprint density at radius 1 is 1.31 bits per heavy atom. The second-order valence-electron chi connectivity index (χ2n) is 3.18. The molecule has 0 fully saturated rings. The van der Waals surface area contributed by atoms with Gasteiger partial charge in [-0.25, -0.2) is 9.18 Å². The van der Waals surface area contributed by atoms with E-state index in [2.05, 4.69) is 0 Å². The fourth-order valence-electron chi connectivity index (χ4n) is 1.10. The molecule has 1 aromatic rings. The highest BCUT2D eigenvalue weighted by atomic mass is 19.1. The first kappa shape index (κ1) is 11.9. The molecule has 0 radical (unpaired) electrons. The lowest BCUT2D eigenvalue weighted by atomic mass is 10.1. The van der Waals surface area contributed by atoms with Gasteiger partial charge < -0.3 is 10.2 Å². The number of aliphatic carboxylic acids is 1. The van der Waals surface area contributed by atoms with E-state index in [0.29, 0.717) is 11.6 Å². The van der Waals surface area contributed by atoms with Gasteiger partial charge in [-0.15, -0.1) is 0 Å². The van der Waals surface area contributed by atoms with E-state index in [1.807, 2.05) is 0 Å². The van der Waals surface area contributed by atoms with Crippen molar-refractivity contribution in [2.45, 2.75) is 6.92 Å². The van der Waals surface area contributed by atoms with Crippen LogP contribution < -0.4 is 0 Å². The maximum atomic E-state index is 13.2. The fraction of sp³-hybridized carbons (Fsp3) is 0.0909. The Bertz CT molecular complexity index is 477. The summed E-state index contributed by atoms with van der Waals surface area (Å²) < 4.78 is 13.2. The summed E-state index contributed by atoms with van der Waals surface area (Å²) in [4.78, 5) is 21.0. The van der Waals surface area contributed by atoms with Crippen molar-refractivity contribution in [1.82, 2.24) is 0 Å². The van der Waals surface area contributed by atoms with Gasteiger partial charge in [0.15, 0.2) is 0 Å². The lowest BCUT2D eigenvalue weighted by Crippen LogP contribution is -2.09. The SMILES string of the molecule is Cc1ccc(F)c(C(O)=CC(=O)C(=O)O)c1. The molecule has 1 aromatic carbocycles. The average molecular weight is 224 g/mol. The topological polar surface area (TPSA) is 74.6 Å². The van der Waals surface area contributed by atoms with Crippen LogP contribution in [0.4, 0.5) is 4.39 Å². The largest absolute Gasteiger partial charge is 0.507 e. The van der Waals surface area contributed by atoms with Crippen LogP contribution in [0.1, 0.15) is 11.1 Å². The highest BCUT2D eigenvalue weighted by Crippen LogP contribution is 2.17. The van der Waals surface area contributed by atoms with Crippen LogP contribution in [0.5, 0.6) is 0 Å². The van der Waals surface area contributed by atoms with Crippen molar-refractivity contribution >= 4 is 17.5 Å². The molecule has 0 bridgehead atoms. The van der Waals surface area contributed by atoms with Crippen molar-refractivity contribution in [3.63, 3.8) is 0 Å². The van der Waals surface area contributed by atoms with Crippen molar-refractivity contribution in [1.29, 1.82) is 0 Å². The fourth-order valence-corrected chi connectivity index (χ4v) is 1.10. The van der Waals surface area contributed by atoms with Crippen LogP contribution >= 0.6 is 0 Å². The first-order valence-corrected chi connectivity index (χ1v) is 4.36. The number of ketones is 1. The van der Waals surface area contributed by atoms with Gasteiger partial charge in [-0.05, 0) is 19.1 Å². The maximum absolute atomic E-state index is 13.2. The van der Waals surface area contributed by atoms with Gasteiger partial charge in [0.1, 0.15) is 11.6 Å². The Hall–Kier alpha value is -2.17. The molecular weight excluding hydrogens is 215 g/mol. The van der Waals surface area contributed by atoms with Crippen LogP contribution in [0, 0.1) is 12.7 Å². The van der Waals surface area contributed by atoms with Crippen molar-refractivity contribution < 1.29 is 24.2 Å². The minimum atomic E-state index is -1.71. The molecule has 0 aliphatic carbocycles. The average Bonchev–Trinajstić information content (AvgIpc) is 2.21. The molecule has 2 N–H and O–H groups in total. The van der Waals surface area contributed by atoms with E-state index in [1.54, 1.807) is 6.92 Å². The Morgan fingerprint density at radius 3 is 2.50 bits per heavy atom. The van der Waals surface area contributed by atoms with Crippen LogP contribution in [-0.2, 0) is 9.59 Å². The summed E-state index contributed by atoms with van der Waals surface area (Å²) in [6.45, 7) is 1.68. The molecule has 0 saturated carbocycles. The number of carbonyl (C=O) groups excluding carboxylic acids is 1. The van der Waals surface area contributed by atoms with Crippen molar-refractivity contribution in [3.05, 3.63) is 41.2 Å². The van der Waals surface area contributed by atoms with Crippen molar-refractivity contribution in [3.8, 4) is 0 Å². The number of hydrogen-bond acceptors (Lipinski definition) is 3. The zero-order valence-electron chi connectivity index (χ0n) is 8.40. The zero-order valence-corrected chi connectivity index (χ0v) is 8.40. The third-order valence-electron chi connectivity index (χ3n) is 1.88. The van der Waals surface area contributed by atoms with E-state index in [4.69, 9.17) is 5.11 Å². The summed E-state index contributed by atoms with van der Waals surface area (Å²) >= 11 is 0. The molecule has 0 aliphatic rings. The van der Waals surface area contributed by atoms with Crippen LogP contribution in [0.15, 0.2) is 24.3 Å². The van der Waals surface area contributed by atoms with Crippen LogP contribution in [0.25, 0.3) is 5.76 Å². The van der Waals surface area contributed by atoms with E-state index in [0.717, 1.165) is 6.07 Å².